The maximum Gasteiger partial charge on any atom is 0.347 e. The van der Waals surface area contributed by atoms with Gasteiger partial charge in [-0.25, -0.2) is 24.5 Å². The fourth-order valence-corrected chi connectivity index (χ4v) is 2.00. The number of hydrogen-bond donors (Lipinski definition) is 1. The Labute approximate surface area is 104 Å². The van der Waals surface area contributed by atoms with E-state index in [9.17, 15) is 14.0 Å². The molecule has 1 saturated heterocycles. The van der Waals surface area contributed by atoms with E-state index in [2.05, 4.69) is 5.43 Å². The number of urea groups is 1. The number of hydrogen-bond acceptors (Lipinski definition) is 3. The molecule has 1 aromatic rings. The average molecular weight is 251 g/mol. The maximum atomic E-state index is 12.8. The van der Waals surface area contributed by atoms with Crippen LogP contribution in [0.4, 0.5) is 14.9 Å². The van der Waals surface area contributed by atoms with Crippen molar-refractivity contribution in [1.82, 2.24) is 10.3 Å². The molecule has 1 aromatic carbocycles. The molecular formula is C12H14FN3O2. The van der Waals surface area contributed by atoms with Gasteiger partial charge in [0.1, 0.15) is 11.5 Å². The van der Waals surface area contributed by atoms with E-state index in [0.29, 0.717) is 5.69 Å². The third-order valence-corrected chi connectivity index (χ3v) is 2.73. The van der Waals surface area contributed by atoms with Crippen LogP contribution in [0.3, 0.4) is 0 Å². The minimum Gasteiger partial charge on any atom is -0.275 e. The molecule has 1 N–H and O–H groups in total. The third-order valence-electron chi connectivity index (χ3n) is 2.73. The minimum absolute atomic E-state index is 0.345. The molecule has 0 saturated carbocycles. The van der Waals surface area contributed by atoms with E-state index in [4.69, 9.17) is 0 Å². The summed E-state index contributed by atoms with van der Waals surface area (Å²) in [6.07, 6.45) is 0. The van der Waals surface area contributed by atoms with Crippen molar-refractivity contribution < 1.29 is 14.0 Å². The summed E-state index contributed by atoms with van der Waals surface area (Å²) < 4.78 is 12.8. The molecule has 0 radical (unpaired) electrons. The molecule has 0 spiro atoms. The van der Waals surface area contributed by atoms with E-state index in [1.807, 2.05) is 0 Å². The van der Waals surface area contributed by atoms with Crippen LogP contribution in [0, 0.1) is 5.82 Å². The summed E-state index contributed by atoms with van der Waals surface area (Å²) in [5, 5.41) is 1.24. The second-order valence-electron chi connectivity index (χ2n) is 4.62. The van der Waals surface area contributed by atoms with Crippen LogP contribution in [0.25, 0.3) is 0 Å². The zero-order valence-corrected chi connectivity index (χ0v) is 10.4. The summed E-state index contributed by atoms with van der Waals surface area (Å²) in [5.41, 5.74) is 2.59. The first-order chi connectivity index (χ1) is 8.33. The molecule has 0 unspecified atom stereocenters. The van der Waals surface area contributed by atoms with Crippen LogP contribution in [-0.4, -0.2) is 22.5 Å². The molecule has 0 atom stereocenters. The Hall–Kier alpha value is -1.95. The number of anilines is 1. The molecule has 2 rings (SSSR count). The number of hydrazine groups is 1. The zero-order valence-electron chi connectivity index (χ0n) is 10.4. The fraction of sp³-hybridized carbons (Fsp3) is 0.333. The summed E-state index contributed by atoms with van der Waals surface area (Å²) in [5.74, 6) is -0.727. The van der Waals surface area contributed by atoms with Crippen molar-refractivity contribution in [2.45, 2.75) is 26.4 Å². The van der Waals surface area contributed by atoms with Crippen LogP contribution in [0.2, 0.25) is 0 Å². The van der Waals surface area contributed by atoms with E-state index in [-0.39, 0.29) is 11.7 Å². The predicted molar refractivity (Wildman–Crippen MR) is 64.0 cm³/mol. The second-order valence-corrected chi connectivity index (χ2v) is 4.62. The van der Waals surface area contributed by atoms with Gasteiger partial charge in [0.25, 0.3) is 0 Å². The first-order valence-electron chi connectivity index (χ1n) is 5.51. The number of halogens is 1. The number of amides is 3. The quantitative estimate of drug-likeness (QED) is 0.828. The van der Waals surface area contributed by atoms with Crippen molar-refractivity contribution in [3.05, 3.63) is 30.1 Å². The van der Waals surface area contributed by atoms with E-state index < -0.39 is 11.7 Å². The van der Waals surface area contributed by atoms with E-state index in [1.54, 1.807) is 13.8 Å². The van der Waals surface area contributed by atoms with Crippen LogP contribution >= 0.6 is 0 Å². The van der Waals surface area contributed by atoms with Crippen molar-refractivity contribution in [2.24, 2.45) is 0 Å². The highest BCUT2D eigenvalue weighted by Gasteiger charge is 2.45. The van der Waals surface area contributed by atoms with Crippen LogP contribution in [-0.2, 0) is 4.79 Å². The molecule has 5 nitrogen and oxygen atoms in total. The Balaban J connectivity index is 2.35. The van der Waals surface area contributed by atoms with Gasteiger partial charge in [-0.1, -0.05) is 0 Å². The van der Waals surface area contributed by atoms with Gasteiger partial charge in [-0.2, -0.15) is 0 Å². The van der Waals surface area contributed by atoms with Gasteiger partial charge in [0.15, 0.2) is 0 Å². The van der Waals surface area contributed by atoms with Gasteiger partial charge >= 0.3 is 6.03 Å². The molecule has 1 aliphatic rings. The van der Waals surface area contributed by atoms with Gasteiger partial charge in [-0.05, 0) is 38.1 Å². The third kappa shape index (κ3) is 1.95. The Morgan fingerprint density at radius 3 is 2.28 bits per heavy atom. The number of nitrogens with zero attached hydrogens (tertiary/aromatic N) is 2. The fourth-order valence-electron chi connectivity index (χ4n) is 2.00. The summed E-state index contributed by atoms with van der Waals surface area (Å²) in [6.45, 7) is 4.77. The largest absolute Gasteiger partial charge is 0.347 e. The Morgan fingerprint density at radius 2 is 1.83 bits per heavy atom. The highest BCUT2D eigenvalue weighted by Crippen LogP contribution is 2.26. The standard InChI is InChI=1S/C12H14FN3O2/c1-8(17)15-11(18)16(14-12(15,2)3)10-6-4-9(13)5-7-10/h4-7,14H,1-3H3. The molecule has 96 valence electrons. The summed E-state index contributed by atoms with van der Waals surface area (Å²) in [4.78, 5) is 24.7. The topological polar surface area (TPSA) is 52.7 Å². The maximum absolute atomic E-state index is 12.8. The van der Waals surface area contributed by atoms with Gasteiger partial charge in [0, 0.05) is 6.92 Å². The lowest BCUT2D eigenvalue weighted by Gasteiger charge is -2.25. The van der Waals surface area contributed by atoms with Crippen LogP contribution < -0.4 is 10.4 Å². The molecule has 0 aromatic heterocycles. The zero-order chi connectivity index (χ0) is 13.5. The van der Waals surface area contributed by atoms with Gasteiger partial charge in [0.05, 0.1) is 5.69 Å². The molecular weight excluding hydrogens is 237 g/mol. The highest BCUT2D eigenvalue weighted by atomic mass is 19.1. The number of benzene rings is 1. The summed E-state index contributed by atoms with van der Waals surface area (Å²) in [7, 11) is 0. The molecule has 1 heterocycles. The second kappa shape index (κ2) is 4.06. The van der Waals surface area contributed by atoms with Crippen molar-refractivity contribution in [3.8, 4) is 0 Å². The Bertz CT molecular complexity index is 499. The first kappa shape index (κ1) is 12.5. The van der Waals surface area contributed by atoms with Crippen LogP contribution in [0.1, 0.15) is 20.8 Å². The van der Waals surface area contributed by atoms with Gasteiger partial charge in [0.2, 0.25) is 5.91 Å². The number of imide groups is 1. The van der Waals surface area contributed by atoms with Crippen LogP contribution in [0.15, 0.2) is 24.3 Å². The SMILES string of the molecule is CC(=O)N1C(=O)N(c2ccc(F)cc2)NC1(C)C. The van der Waals surface area contributed by atoms with E-state index in [0.717, 1.165) is 4.90 Å². The lowest BCUT2D eigenvalue weighted by atomic mass is 10.2. The number of carbonyl (C=O) groups excluding carboxylic acids is 2. The normalized spacial score (nSPS) is 18.3. The van der Waals surface area contributed by atoms with Crippen molar-refractivity contribution >= 4 is 17.6 Å². The summed E-state index contributed by atoms with van der Waals surface area (Å²) in [6, 6.07) is 4.99. The van der Waals surface area contributed by atoms with Crippen LogP contribution in [0.5, 0.6) is 0 Å². The Morgan fingerprint density at radius 1 is 1.28 bits per heavy atom. The molecule has 18 heavy (non-hydrogen) atoms. The minimum atomic E-state index is -0.808. The van der Waals surface area contributed by atoms with E-state index in [1.165, 1.54) is 36.2 Å². The molecule has 3 amide bonds. The molecule has 1 aliphatic heterocycles. The predicted octanol–water partition coefficient (Wildman–Crippen LogP) is 1.85. The smallest absolute Gasteiger partial charge is 0.275 e. The highest BCUT2D eigenvalue weighted by molar-refractivity contribution is 6.04. The lowest BCUT2D eigenvalue weighted by Crippen LogP contribution is -2.49. The number of rotatable bonds is 1. The average Bonchev–Trinajstić information content (AvgIpc) is 2.50. The number of nitrogens with one attached hydrogen (secondary N) is 1. The van der Waals surface area contributed by atoms with Crippen molar-refractivity contribution in [2.75, 3.05) is 5.01 Å². The van der Waals surface area contributed by atoms with Crippen molar-refractivity contribution in [3.63, 3.8) is 0 Å². The van der Waals surface area contributed by atoms with Gasteiger partial charge in [-0.3, -0.25) is 4.79 Å². The van der Waals surface area contributed by atoms with Crippen molar-refractivity contribution in [1.29, 1.82) is 0 Å². The lowest BCUT2D eigenvalue weighted by molar-refractivity contribution is -0.129. The number of carbonyl (C=O) groups is 2. The van der Waals surface area contributed by atoms with E-state index >= 15 is 0 Å². The van der Waals surface area contributed by atoms with Gasteiger partial charge in [-0.15, -0.1) is 0 Å². The molecule has 0 bridgehead atoms. The Kier molecular flexibility index (Phi) is 2.82. The summed E-state index contributed by atoms with van der Waals surface area (Å²) >= 11 is 0. The molecule has 0 aliphatic carbocycles. The first-order valence-corrected chi connectivity index (χ1v) is 5.51. The molecule has 6 heteroatoms. The molecule has 1 fully saturated rings. The monoisotopic (exact) mass is 251 g/mol. The van der Waals surface area contributed by atoms with Gasteiger partial charge < -0.3 is 0 Å².